The lowest BCUT2D eigenvalue weighted by atomic mass is 10.1. The van der Waals surface area contributed by atoms with Crippen molar-refractivity contribution in [1.29, 1.82) is 0 Å². The second kappa shape index (κ2) is 4.35. The van der Waals surface area contributed by atoms with Crippen LogP contribution in [0.2, 0.25) is 0 Å². The molecule has 0 atom stereocenters. The fraction of sp³-hybridized carbons (Fsp3) is 0.333. The standard InChI is InChI=1S/C12H14N2O2/c1-8(9-4-6-11(15)7-5-9)13-14-12(16)10-2-3-10/h4-7,10,15H,2-3H2,1H3,(H,14,16)/b13-8+. The average Bonchev–Trinajstić information content (AvgIpc) is 3.10. The van der Waals surface area contributed by atoms with Crippen molar-refractivity contribution >= 4 is 11.6 Å². The molecule has 1 aromatic carbocycles. The number of nitrogens with one attached hydrogen (secondary N) is 1. The van der Waals surface area contributed by atoms with E-state index in [9.17, 15) is 4.79 Å². The Bertz CT molecular complexity index is 419. The molecule has 0 aromatic heterocycles. The van der Waals surface area contributed by atoms with E-state index in [0.29, 0.717) is 0 Å². The molecule has 1 amide bonds. The van der Waals surface area contributed by atoms with Crippen LogP contribution in [-0.4, -0.2) is 16.7 Å². The minimum Gasteiger partial charge on any atom is -0.508 e. The molecule has 0 heterocycles. The van der Waals surface area contributed by atoms with Gasteiger partial charge in [0.1, 0.15) is 5.75 Å². The van der Waals surface area contributed by atoms with E-state index >= 15 is 0 Å². The van der Waals surface area contributed by atoms with E-state index in [-0.39, 0.29) is 17.6 Å². The maximum atomic E-state index is 11.3. The van der Waals surface area contributed by atoms with Gasteiger partial charge >= 0.3 is 0 Å². The van der Waals surface area contributed by atoms with E-state index in [0.717, 1.165) is 24.1 Å². The maximum Gasteiger partial charge on any atom is 0.243 e. The number of phenolic OH excluding ortho intramolecular Hbond substituents is 1. The molecule has 1 aliphatic rings. The number of hydrogen-bond acceptors (Lipinski definition) is 3. The maximum absolute atomic E-state index is 11.3. The van der Waals surface area contributed by atoms with Crippen LogP contribution in [0.4, 0.5) is 0 Å². The summed E-state index contributed by atoms with van der Waals surface area (Å²) < 4.78 is 0. The van der Waals surface area contributed by atoms with Gasteiger partial charge in [-0.25, -0.2) is 5.43 Å². The Morgan fingerprint density at radius 2 is 2.00 bits per heavy atom. The van der Waals surface area contributed by atoms with E-state index in [4.69, 9.17) is 5.11 Å². The molecule has 1 saturated carbocycles. The third-order valence-electron chi connectivity index (χ3n) is 2.57. The van der Waals surface area contributed by atoms with Crippen LogP contribution in [-0.2, 0) is 4.79 Å². The molecular formula is C12H14N2O2. The predicted molar refractivity (Wildman–Crippen MR) is 61.2 cm³/mol. The van der Waals surface area contributed by atoms with Crippen molar-refractivity contribution in [3.05, 3.63) is 29.8 Å². The van der Waals surface area contributed by atoms with Crippen LogP contribution < -0.4 is 5.43 Å². The summed E-state index contributed by atoms with van der Waals surface area (Å²) in [6.07, 6.45) is 1.94. The van der Waals surface area contributed by atoms with Crippen LogP contribution in [0.5, 0.6) is 5.75 Å². The van der Waals surface area contributed by atoms with Crippen molar-refractivity contribution in [2.75, 3.05) is 0 Å². The van der Waals surface area contributed by atoms with Gasteiger partial charge in [-0.3, -0.25) is 4.79 Å². The van der Waals surface area contributed by atoms with E-state index < -0.39 is 0 Å². The normalized spacial score (nSPS) is 15.9. The summed E-state index contributed by atoms with van der Waals surface area (Å²) in [6.45, 7) is 1.82. The number of phenols is 1. The Labute approximate surface area is 94.0 Å². The van der Waals surface area contributed by atoms with Crippen molar-refractivity contribution in [2.24, 2.45) is 11.0 Å². The largest absolute Gasteiger partial charge is 0.508 e. The summed E-state index contributed by atoms with van der Waals surface area (Å²) in [5.41, 5.74) is 4.16. The summed E-state index contributed by atoms with van der Waals surface area (Å²) in [7, 11) is 0. The topological polar surface area (TPSA) is 61.7 Å². The minimum absolute atomic E-state index is 0.00173. The zero-order chi connectivity index (χ0) is 11.5. The van der Waals surface area contributed by atoms with Crippen molar-refractivity contribution in [2.45, 2.75) is 19.8 Å². The number of rotatable bonds is 3. The summed E-state index contributed by atoms with van der Waals surface area (Å²) in [6, 6.07) is 6.71. The molecular weight excluding hydrogens is 204 g/mol. The zero-order valence-corrected chi connectivity index (χ0v) is 9.10. The quantitative estimate of drug-likeness (QED) is 0.598. The van der Waals surface area contributed by atoms with Gasteiger partial charge in [0.2, 0.25) is 5.91 Å². The lowest BCUT2D eigenvalue weighted by Crippen LogP contribution is -2.20. The molecule has 0 spiro atoms. The highest BCUT2D eigenvalue weighted by molar-refractivity contribution is 5.99. The molecule has 84 valence electrons. The molecule has 4 heteroatoms. The predicted octanol–water partition coefficient (Wildman–Crippen LogP) is 1.64. The lowest BCUT2D eigenvalue weighted by Gasteiger charge is -2.02. The highest BCUT2D eigenvalue weighted by Gasteiger charge is 2.29. The van der Waals surface area contributed by atoms with Gasteiger partial charge in [-0.15, -0.1) is 0 Å². The van der Waals surface area contributed by atoms with E-state index in [1.807, 2.05) is 6.92 Å². The number of benzene rings is 1. The average molecular weight is 218 g/mol. The van der Waals surface area contributed by atoms with Gasteiger partial charge in [-0.2, -0.15) is 5.10 Å². The molecule has 1 aliphatic carbocycles. The van der Waals surface area contributed by atoms with E-state index in [2.05, 4.69) is 10.5 Å². The minimum atomic E-state index is -0.00173. The van der Waals surface area contributed by atoms with Gasteiger partial charge in [-0.1, -0.05) is 0 Å². The number of hydrogen-bond donors (Lipinski definition) is 2. The lowest BCUT2D eigenvalue weighted by molar-refractivity contribution is -0.122. The van der Waals surface area contributed by atoms with Gasteiger partial charge < -0.3 is 5.11 Å². The monoisotopic (exact) mass is 218 g/mol. The van der Waals surface area contributed by atoms with Gasteiger partial charge in [0.25, 0.3) is 0 Å². The molecule has 1 fully saturated rings. The van der Waals surface area contributed by atoms with Crippen molar-refractivity contribution < 1.29 is 9.90 Å². The number of carbonyl (C=O) groups is 1. The molecule has 1 aromatic rings. The van der Waals surface area contributed by atoms with Gasteiger partial charge in [-0.05, 0) is 49.6 Å². The van der Waals surface area contributed by atoms with E-state index in [1.54, 1.807) is 24.3 Å². The van der Waals surface area contributed by atoms with Gasteiger partial charge in [0, 0.05) is 5.92 Å². The van der Waals surface area contributed by atoms with Crippen LogP contribution >= 0.6 is 0 Å². The molecule has 16 heavy (non-hydrogen) atoms. The number of nitrogens with zero attached hydrogens (tertiary/aromatic N) is 1. The van der Waals surface area contributed by atoms with Crippen molar-refractivity contribution in [1.82, 2.24) is 5.43 Å². The second-order valence-corrected chi connectivity index (χ2v) is 3.99. The first-order chi connectivity index (χ1) is 7.66. The molecule has 4 nitrogen and oxygen atoms in total. The Morgan fingerprint density at radius 1 is 1.38 bits per heavy atom. The van der Waals surface area contributed by atoms with Crippen LogP contribution in [0, 0.1) is 5.92 Å². The first-order valence-electron chi connectivity index (χ1n) is 5.30. The fourth-order valence-corrected chi connectivity index (χ4v) is 1.34. The van der Waals surface area contributed by atoms with E-state index in [1.165, 1.54) is 0 Å². The smallest absolute Gasteiger partial charge is 0.243 e. The van der Waals surface area contributed by atoms with Crippen LogP contribution in [0.1, 0.15) is 25.3 Å². The van der Waals surface area contributed by atoms with Crippen molar-refractivity contribution in [3.8, 4) is 5.75 Å². The summed E-state index contributed by atoms with van der Waals surface area (Å²) in [5, 5.41) is 13.1. The summed E-state index contributed by atoms with van der Waals surface area (Å²) >= 11 is 0. The number of aromatic hydroxyl groups is 1. The molecule has 0 radical (unpaired) electrons. The highest BCUT2D eigenvalue weighted by Crippen LogP contribution is 2.28. The summed E-state index contributed by atoms with van der Waals surface area (Å²) in [4.78, 5) is 11.3. The molecule has 2 N–H and O–H groups in total. The highest BCUT2D eigenvalue weighted by atomic mass is 16.3. The van der Waals surface area contributed by atoms with Gasteiger partial charge in [0.05, 0.1) is 5.71 Å². The first-order valence-corrected chi connectivity index (χ1v) is 5.30. The third kappa shape index (κ3) is 2.59. The number of amides is 1. The third-order valence-corrected chi connectivity index (χ3v) is 2.57. The second-order valence-electron chi connectivity index (χ2n) is 3.99. The number of carbonyl (C=O) groups excluding carboxylic acids is 1. The molecule has 0 aliphatic heterocycles. The Hall–Kier alpha value is -1.84. The van der Waals surface area contributed by atoms with Crippen molar-refractivity contribution in [3.63, 3.8) is 0 Å². The van der Waals surface area contributed by atoms with Crippen LogP contribution in [0.3, 0.4) is 0 Å². The molecule has 0 unspecified atom stereocenters. The van der Waals surface area contributed by atoms with Crippen LogP contribution in [0.25, 0.3) is 0 Å². The first kappa shape index (κ1) is 10.7. The van der Waals surface area contributed by atoms with Crippen LogP contribution in [0.15, 0.2) is 29.4 Å². The Morgan fingerprint density at radius 3 is 2.56 bits per heavy atom. The molecule has 0 bridgehead atoms. The van der Waals surface area contributed by atoms with Gasteiger partial charge in [0.15, 0.2) is 0 Å². The zero-order valence-electron chi connectivity index (χ0n) is 9.10. The Kier molecular flexibility index (Phi) is 2.90. The fourth-order valence-electron chi connectivity index (χ4n) is 1.34. The number of hydrazone groups is 1. The summed E-state index contributed by atoms with van der Waals surface area (Å²) in [5.74, 6) is 0.382. The molecule has 0 saturated heterocycles. The Balaban J connectivity index is 2.00. The molecule has 2 rings (SSSR count). The SMILES string of the molecule is C/C(=N\NC(=O)C1CC1)c1ccc(O)cc1.